The minimum Gasteiger partial charge on any atom is -0.310 e. The average molecular weight is 236 g/mol. The Morgan fingerprint density at radius 2 is 2.28 bits per heavy atom. The van der Waals surface area contributed by atoms with E-state index in [1.54, 1.807) is 17.3 Å². The van der Waals surface area contributed by atoms with Crippen LogP contribution in [0.2, 0.25) is 0 Å². The summed E-state index contributed by atoms with van der Waals surface area (Å²) in [4.78, 5) is 17.9. The summed E-state index contributed by atoms with van der Waals surface area (Å²) in [6.45, 7) is 0.601. The van der Waals surface area contributed by atoms with Crippen molar-refractivity contribution in [1.82, 2.24) is 4.98 Å². The zero-order chi connectivity index (χ0) is 12.5. The molecule has 3 rings (SSSR count). The number of carbonyl (C=O) groups is 1. The summed E-state index contributed by atoms with van der Waals surface area (Å²) >= 11 is 0. The number of hydrogen-bond acceptors (Lipinski definition) is 2. The van der Waals surface area contributed by atoms with Crippen molar-refractivity contribution in [1.29, 1.82) is 0 Å². The number of pyridine rings is 1. The van der Waals surface area contributed by atoms with E-state index >= 15 is 0 Å². The third-order valence-electron chi connectivity index (χ3n) is 3.31. The number of carbonyl (C=O) groups excluding carboxylic acids is 1. The first-order valence-corrected chi connectivity index (χ1v) is 5.89. The number of aromatic nitrogens is 1. The minimum atomic E-state index is 0.0180. The highest BCUT2D eigenvalue weighted by Gasteiger charge is 2.30. The molecular weight excluding hydrogens is 224 g/mol. The Morgan fingerprint density at radius 1 is 1.39 bits per heavy atom. The van der Waals surface area contributed by atoms with Gasteiger partial charge in [-0.2, -0.15) is 0 Å². The summed E-state index contributed by atoms with van der Waals surface area (Å²) in [6, 6.07) is 7.85. The molecule has 0 N–H and O–H groups in total. The lowest BCUT2D eigenvalue weighted by Gasteiger charge is -2.18. The first-order chi connectivity index (χ1) is 8.79. The van der Waals surface area contributed by atoms with Crippen LogP contribution in [0.25, 0.3) is 10.8 Å². The summed E-state index contributed by atoms with van der Waals surface area (Å²) in [6.07, 6.45) is 9.39. The average Bonchev–Trinajstić information content (AvgIpc) is 2.79. The van der Waals surface area contributed by atoms with Gasteiger partial charge in [0.15, 0.2) is 0 Å². The largest absolute Gasteiger partial charge is 0.310 e. The molecule has 0 aliphatic carbocycles. The maximum atomic E-state index is 12.0. The fraction of sp³-hybridized carbons (Fsp3) is 0.200. The molecule has 1 atom stereocenters. The van der Waals surface area contributed by atoms with Crippen molar-refractivity contribution in [3.05, 3.63) is 36.7 Å². The van der Waals surface area contributed by atoms with Gasteiger partial charge < -0.3 is 4.90 Å². The van der Waals surface area contributed by atoms with Crippen LogP contribution in [-0.2, 0) is 4.79 Å². The number of anilines is 1. The molecule has 1 saturated heterocycles. The van der Waals surface area contributed by atoms with Crippen molar-refractivity contribution in [3.63, 3.8) is 0 Å². The molecular formula is C15H12N2O. The second-order valence-corrected chi connectivity index (χ2v) is 4.45. The Morgan fingerprint density at radius 3 is 3.06 bits per heavy atom. The van der Waals surface area contributed by atoms with Gasteiger partial charge in [0.1, 0.15) is 0 Å². The van der Waals surface area contributed by atoms with E-state index < -0.39 is 0 Å². The van der Waals surface area contributed by atoms with E-state index in [9.17, 15) is 4.79 Å². The van der Waals surface area contributed by atoms with Gasteiger partial charge in [-0.25, -0.2) is 0 Å². The van der Waals surface area contributed by atoms with E-state index in [1.807, 2.05) is 24.3 Å². The van der Waals surface area contributed by atoms with E-state index in [0.717, 1.165) is 16.5 Å². The normalized spacial score (nSPS) is 19.2. The summed E-state index contributed by atoms with van der Waals surface area (Å²) in [7, 11) is 0. The van der Waals surface area contributed by atoms with Gasteiger partial charge in [-0.05, 0) is 17.5 Å². The fourth-order valence-electron chi connectivity index (χ4n) is 2.38. The molecule has 2 heterocycles. The highest BCUT2D eigenvalue weighted by Crippen LogP contribution is 2.30. The Balaban J connectivity index is 2.10. The van der Waals surface area contributed by atoms with Gasteiger partial charge >= 0.3 is 0 Å². The van der Waals surface area contributed by atoms with E-state index in [2.05, 4.69) is 10.9 Å². The van der Waals surface area contributed by atoms with Crippen LogP contribution in [0.15, 0.2) is 36.7 Å². The monoisotopic (exact) mass is 236 g/mol. The molecule has 0 radical (unpaired) electrons. The Hall–Kier alpha value is -2.34. The molecule has 0 spiro atoms. The molecule has 3 nitrogen and oxygen atoms in total. The van der Waals surface area contributed by atoms with Crippen molar-refractivity contribution in [3.8, 4) is 12.3 Å². The molecule has 3 heteroatoms. The Kier molecular flexibility index (Phi) is 2.49. The third kappa shape index (κ3) is 1.63. The third-order valence-corrected chi connectivity index (χ3v) is 3.31. The maximum absolute atomic E-state index is 12.0. The van der Waals surface area contributed by atoms with E-state index in [1.165, 1.54) is 0 Å². The lowest BCUT2D eigenvalue weighted by atomic mass is 10.1. The predicted octanol–water partition coefficient (Wildman–Crippen LogP) is 2.22. The fourth-order valence-corrected chi connectivity index (χ4v) is 2.38. The van der Waals surface area contributed by atoms with E-state index in [4.69, 9.17) is 6.42 Å². The summed E-state index contributed by atoms with van der Waals surface area (Å²) < 4.78 is 0. The molecule has 1 aliphatic rings. The molecule has 1 fully saturated rings. The number of fused-ring (bicyclic) bond motifs is 1. The number of nitrogens with zero attached hydrogens (tertiary/aromatic N) is 2. The van der Waals surface area contributed by atoms with Crippen LogP contribution in [0.4, 0.5) is 5.69 Å². The molecule has 1 unspecified atom stereocenters. The first-order valence-electron chi connectivity index (χ1n) is 5.89. The second kappa shape index (κ2) is 4.15. The highest BCUT2D eigenvalue weighted by molar-refractivity contribution is 6.04. The van der Waals surface area contributed by atoms with Crippen molar-refractivity contribution < 1.29 is 4.79 Å². The number of amides is 1. The van der Waals surface area contributed by atoms with Crippen LogP contribution >= 0.6 is 0 Å². The molecule has 2 aromatic rings. The molecule has 1 aromatic carbocycles. The van der Waals surface area contributed by atoms with Crippen molar-refractivity contribution in [2.45, 2.75) is 6.42 Å². The minimum absolute atomic E-state index is 0.0180. The van der Waals surface area contributed by atoms with Crippen molar-refractivity contribution in [2.75, 3.05) is 11.4 Å². The molecule has 1 amide bonds. The number of benzene rings is 1. The second-order valence-electron chi connectivity index (χ2n) is 4.45. The standard InChI is InChI=1S/C15H12N2O/c1-2-11-8-15(18)17(10-11)14-5-3-4-12-6-7-16-9-13(12)14/h1,3-7,9,11H,8,10H2. The van der Waals surface area contributed by atoms with Gasteiger partial charge in [-0.3, -0.25) is 9.78 Å². The number of hydrogen-bond donors (Lipinski definition) is 0. The molecule has 0 bridgehead atoms. The van der Waals surface area contributed by atoms with Crippen LogP contribution in [0.5, 0.6) is 0 Å². The molecule has 1 aromatic heterocycles. The SMILES string of the molecule is C#CC1CC(=O)N(c2cccc3ccncc23)C1. The van der Waals surface area contributed by atoms with Crippen LogP contribution in [0.3, 0.4) is 0 Å². The van der Waals surface area contributed by atoms with Gasteiger partial charge in [0.2, 0.25) is 5.91 Å². The lowest BCUT2D eigenvalue weighted by Crippen LogP contribution is -2.24. The summed E-state index contributed by atoms with van der Waals surface area (Å²) in [5, 5.41) is 2.07. The van der Waals surface area contributed by atoms with Crippen molar-refractivity contribution >= 4 is 22.4 Å². The predicted molar refractivity (Wildman–Crippen MR) is 71.0 cm³/mol. The van der Waals surface area contributed by atoms with Gasteiger partial charge in [0.05, 0.1) is 5.69 Å². The molecule has 1 aliphatic heterocycles. The summed E-state index contributed by atoms with van der Waals surface area (Å²) in [5.41, 5.74) is 0.906. The quantitative estimate of drug-likeness (QED) is 0.711. The number of rotatable bonds is 1. The zero-order valence-electron chi connectivity index (χ0n) is 9.84. The highest BCUT2D eigenvalue weighted by atomic mass is 16.2. The molecule has 88 valence electrons. The molecule has 18 heavy (non-hydrogen) atoms. The van der Waals surface area contributed by atoms with Crippen LogP contribution < -0.4 is 4.90 Å². The Labute approximate surface area is 105 Å². The summed E-state index contributed by atoms with van der Waals surface area (Å²) in [5.74, 6) is 2.77. The van der Waals surface area contributed by atoms with Gasteiger partial charge in [-0.15, -0.1) is 12.3 Å². The number of terminal acetylenes is 1. The van der Waals surface area contributed by atoms with Gasteiger partial charge in [0, 0.05) is 36.7 Å². The van der Waals surface area contributed by atoms with Gasteiger partial charge in [0.25, 0.3) is 0 Å². The molecule has 0 saturated carbocycles. The lowest BCUT2D eigenvalue weighted by molar-refractivity contribution is -0.117. The Bertz CT molecular complexity index is 652. The first kappa shape index (κ1) is 10.8. The zero-order valence-corrected chi connectivity index (χ0v) is 9.84. The van der Waals surface area contributed by atoms with Crippen molar-refractivity contribution in [2.24, 2.45) is 5.92 Å². The van der Waals surface area contributed by atoms with Crippen LogP contribution in [0.1, 0.15) is 6.42 Å². The van der Waals surface area contributed by atoms with Gasteiger partial charge in [-0.1, -0.05) is 12.1 Å². The maximum Gasteiger partial charge on any atom is 0.228 e. The topological polar surface area (TPSA) is 33.2 Å². The van der Waals surface area contributed by atoms with E-state index in [-0.39, 0.29) is 11.8 Å². The van der Waals surface area contributed by atoms with Crippen LogP contribution in [0, 0.1) is 18.3 Å². The van der Waals surface area contributed by atoms with E-state index in [0.29, 0.717) is 13.0 Å². The smallest absolute Gasteiger partial charge is 0.228 e. The van der Waals surface area contributed by atoms with Crippen LogP contribution in [-0.4, -0.2) is 17.4 Å².